The van der Waals surface area contributed by atoms with E-state index in [9.17, 15) is 10.2 Å². The first-order valence-corrected chi connectivity index (χ1v) is 8.96. The van der Waals surface area contributed by atoms with Gasteiger partial charge >= 0.3 is 0 Å². The average molecular weight is 378 g/mol. The molecule has 0 amide bonds. The lowest BCUT2D eigenvalue weighted by molar-refractivity contribution is 0.444. The minimum absolute atomic E-state index is 0.0517. The van der Waals surface area contributed by atoms with Crippen molar-refractivity contribution in [2.45, 2.75) is 24.9 Å². The largest absolute Gasteiger partial charge is 0.508 e. The van der Waals surface area contributed by atoms with Gasteiger partial charge in [-0.1, -0.05) is 32.0 Å². The lowest BCUT2D eigenvalue weighted by Gasteiger charge is -2.14. The lowest BCUT2D eigenvalue weighted by atomic mass is 9.98. The Morgan fingerprint density at radius 3 is 2.56 bits per heavy atom. The van der Waals surface area contributed by atoms with Crippen LogP contribution in [0.25, 0.3) is 28.0 Å². The molecule has 4 aromatic rings. The van der Waals surface area contributed by atoms with Gasteiger partial charge in [-0.25, -0.2) is 0 Å². The van der Waals surface area contributed by atoms with Gasteiger partial charge in [-0.05, 0) is 29.7 Å². The fourth-order valence-electron chi connectivity index (χ4n) is 3.11. The molecule has 2 heterocycles. The van der Waals surface area contributed by atoms with E-state index in [4.69, 9.17) is 0 Å². The number of hydrogen-bond acceptors (Lipinski definition) is 6. The predicted octanol–water partition coefficient (Wildman–Crippen LogP) is 4.31. The van der Waals surface area contributed by atoms with E-state index in [1.54, 1.807) is 16.8 Å². The minimum atomic E-state index is -0.0763. The van der Waals surface area contributed by atoms with Gasteiger partial charge in [0.2, 0.25) is 0 Å². The fourth-order valence-corrected chi connectivity index (χ4v) is 3.36. The van der Waals surface area contributed by atoms with Crippen LogP contribution in [0.4, 0.5) is 0 Å². The molecule has 0 fully saturated rings. The van der Waals surface area contributed by atoms with Crippen LogP contribution in [-0.4, -0.2) is 30.0 Å². The molecule has 0 spiro atoms. The number of nitrogens with zero attached hydrogens (tertiary/aromatic N) is 4. The molecule has 2 N–H and O–H groups in total. The number of pyridine rings is 1. The van der Waals surface area contributed by atoms with Gasteiger partial charge in [0.05, 0.1) is 23.0 Å². The topological polar surface area (TPSA) is 84.1 Å². The van der Waals surface area contributed by atoms with E-state index in [0.717, 1.165) is 22.2 Å². The summed E-state index contributed by atoms with van der Waals surface area (Å²) in [5.74, 6) is 0.485. The fraction of sp³-hybridized carbons (Fsp3) is 0.150. The molecule has 27 heavy (non-hydrogen) atoms. The van der Waals surface area contributed by atoms with Crippen LogP contribution >= 0.6 is 12.6 Å². The molecule has 4 rings (SSSR count). The third-order valence-corrected chi connectivity index (χ3v) is 4.78. The second-order valence-corrected chi connectivity index (χ2v) is 7.03. The van der Waals surface area contributed by atoms with Crippen molar-refractivity contribution in [3.05, 3.63) is 54.2 Å². The molecular formula is C20H18N4O2S. The number of rotatable bonds is 3. The highest BCUT2D eigenvalue weighted by Gasteiger charge is 2.20. The Balaban J connectivity index is 1.93. The number of aromatic nitrogens is 4. The van der Waals surface area contributed by atoms with E-state index in [1.165, 1.54) is 6.07 Å². The highest BCUT2D eigenvalue weighted by Crippen LogP contribution is 2.38. The number of phenolic OH excluding ortho intramolecular Hbond substituents is 2. The minimum Gasteiger partial charge on any atom is -0.508 e. The Labute approximate surface area is 161 Å². The van der Waals surface area contributed by atoms with Gasteiger partial charge in [-0.2, -0.15) is 0 Å². The molecular weight excluding hydrogens is 360 g/mol. The molecule has 0 unspecified atom stereocenters. The van der Waals surface area contributed by atoms with E-state index in [0.29, 0.717) is 16.5 Å². The normalized spacial score (nSPS) is 11.4. The number of para-hydroxylation sites is 1. The Morgan fingerprint density at radius 1 is 1.00 bits per heavy atom. The van der Waals surface area contributed by atoms with E-state index in [1.807, 2.05) is 44.2 Å². The molecule has 136 valence electrons. The van der Waals surface area contributed by atoms with Crippen molar-refractivity contribution in [1.82, 2.24) is 19.7 Å². The van der Waals surface area contributed by atoms with E-state index >= 15 is 0 Å². The van der Waals surface area contributed by atoms with Gasteiger partial charge in [0.15, 0.2) is 11.0 Å². The van der Waals surface area contributed by atoms with Gasteiger partial charge in [0.1, 0.15) is 11.5 Å². The van der Waals surface area contributed by atoms with Crippen molar-refractivity contribution in [1.29, 1.82) is 0 Å². The smallest absolute Gasteiger partial charge is 0.193 e. The van der Waals surface area contributed by atoms with Crippen LogP contribution in [0, 0.1) is 0 Å². The number of benzene rings is 2. The summed E-state index contributed by atoms with van der Waals surface area (Å²) < 4.78 is 1.72. The molecule has 0 radical (unpaired) electrons. The second-order valence-electron chi connectivity index (χ2n) is 6.63. The number of hydrogen-bond donors (Lipinski definition) is 3. The Kier molecular flexibility index (Phi) is 4.24. The lowest BCUT2D eigenvalue weighted by Crippen LogP contribution is -2.00. The molecule has 0 saturated heterocycles. The van der Waals surface area contributed by atoms with Crippen LogP contribution in [0.1, 0.15) is 25.3 Å². The van der Waals surface area contributed by atoms with Gasteiger partial charge in [0.25, 0.3) is 0 Å². The average Bonchev–Trinajstić information content (AvgIpc) is 3.02. The van der Waals surface area contributed by atoms with Crippen LogP contribution in [0.3, 0.4) is 0 Å². The third kappa shape index (κ3) is 3.00. The summed E-state index contributed by atoms with van der Waals surface area (Å²) in [6, 6.07) is 12.8. The zero-order valence-corrected chi connectivity index (χ0v) is 15.7. The number of fused-ring (bicyclic) bond motifs is 1. The SMILES string of the molecule is CC(C)c1cc(-c2nnc(S)n2-c2cnc3ccccc3c2)c(O)cc1O. The highest BCUT2D eigenvalue weighted by atomic mass is 32.1. The molecule has 0 aliphatic heterocycles. The maximum Gasteiger partial charge on any atom is 0.193 e. The van der Waals surface area contributed by atoms with Crippen molar-refractivity contribution in [2.24, 2.45) is 0 Å². The molecule has 0 aliphatic rings. The van der Waals surface area contributed by atoms with E-state index < -0.39 is 0 Å². The van der Waals surface area contributed by atoms with E-state index in [-0.39, 0.29) is 17.4 Å². The maximum atomic E-state index is 10.4. The summed E-state index contributed by atoms with van der Waals surface area (Å²) in [5, 5.41) is 30.1. The summed E-state index contributed by atoms with van der Waals surface area (Å²) in [4.78, 5) is 4.48. The summed E-state index contributed by atoms with van der Waals surface area (Å²) in [6.07, 6.45) is 1.72. The Bertz CT molecular complexity index is 1150. The standard InChI is InChI=1S/C20H18N4O2S/c1-11(2)14-8-15(18(26)9-17(14)25)19-22-23-20(27)24(19)13-7-12-5-3-4-6-16(12)21-10-13/h3-11,25-26H,1-2H3,(H,23,27). The quantitative estimate of drug-likeness (QED) is 0.463. The van der Waals surface area contributed by atoms with Crippen molar-refractivity contribution in [3.63, 3.8) is 0 Å². The zero-order valence-electron chi connectivity index (χ0n) is 14.8. The summed E-state index contributed by atoms with van der Waals surface area (Å²) in [7, 11) is 0. The monoisotopic (exact) mass is 378 g/mol. The summed E-state index contributed by atoms with van der Waals surface area (Å²) in [6.45, 7) is 3.94. The molecule has 0 saturated carbocycles. The first-order valence-electron chi connectivity index (χ1n) is 8.51. The Hall–Kier alpha value is -3.06. The van der Waals surface area contributed by atoms with Crippen LogP contribution in [-0.2, 0) is 0 Å². The molecule has 2 aromatic carbocycles. The van der Waals surface area contributed by atoms with Crippen LogP contribution < -0.4 is 0 Å². The third-order valence-electron chi connectivity index (χ3n) is 4.49. The summed E-state index contributed by atoms with van der Waals surface area (Å²) in [5.41, 5.74) is 2.80. The van der Waals surface area contributed by atoms with Crippen LogP contribution in [0.5, 0.6) is 11.5 Å². The van der Waals surface area contributed by atoms with Gasteiger partial charge in [-0.3, -0.25) is 9.55 Å². The van der Waals surface area contributed by atoms with Gasteiger partial charge < -0.3 is 10.2 Å². The molecule has 0 atom stereocenters. The molecule has 7 heteroatoms. The predicted molar refractivity (Wildman–Crippen MR) is 107 cm³/mol. The number of phenols is 2. The van der Waals surface area contributed by atoms with Gasteiger partial charge in [0, 0.05) is 11.5 Å². The second kappa shape index (κ2) is 6.59. The zero-order chi connectivity index (χ0) is 19.1. The van der Waals surface area contributed by atoms with Crippen molar-refractivity contribution in [3.8, 4) is 28.6 Å². The van der Waals surface area contributed by atoms with Crippen molar-refractivity contribution in [2.75, 3.05) is 0 Å². The van der Waals surface area contributed by atoms with Crippen molar-refractivity contribution >= 4 is 23.5 Å². The molecule has 0 bridgehead atoms. The first kappa shape index (κ1) is 17.4. The highest BCUT2D eigenvalue weighted by molar-refractivity contribution is 7.80. The first-order chi connectivity index (χ1) is 13.0. The molecule has 0 aliphatic carbocycles. The number of thiol groups is 1. The molecule has 6 nitrogen and oxygen atoms in total. The maximum absolute atomic E-state index is 10.4. The molecule has 2 aromatic heterocycles. The van der Waals surface area contributed by atoms with Crippen LogP contribution in [0.15, 0.2) is 53.8 Å². The van der Waals surface area contributed by atoms with Gasteiger partial charge in [-0.15, -0.1) is 22.8 Å². The van der Waals surface area contributed by atoms with E-state index in [2.05, 4.69) is 27.8 Å². The van der Waals surface area contributed by atoms with Crippen molar-refractivity contribution < 1.29 is 10.2 Å². The Morgan fingerprint density at radius 2 is 1.78 bits per heavy atom. The number of aromatic hydroxyl groups is 2. The summed E-state index contributed by atoms with van der Waals surface area (Å²) >= 11 is 4.43. The van der Waals surface area contributed by atoms with Crippen LogP contribution in [0.2, 0.25) is 0 Å².